The van der Waals surface area contributed by atoms with Crippen molar-refractivity contribution in [3.63, 3.8) is 0 Å². The van der Waals surface area contributed by atoms with Crippen LogP contribution < -0.4 is 10.1 Å². The van der Waals surface area contributed by atoms with Crippen LogP contribution in [0, 0.1) is 5.41 Å². The summed E-state index contributed by atoms with van der Waals surface area (Å²) in [4.78, 5) is 2.48. The third-order valence-corrected chi connectivity index (χ3v) is 4.00. The summed E-state index contributed by atoms with van der Waals surface area (Å²) in [7, 11) is 0. The molecule has 0 atom stereocenters. The zero-order valence-electron chi connectivity index (χ0n) is 12.2. The number of nitrogens with one attached hydrogen (secondary N) is 1. The molecule has 1 aromatic rings. The Morgan fingerprint density at radius 1 is 1.30 bits per heavy atom. The molecule has 0 aromatic heterocycles. The Morgan fingerprint density at radius 2 is 2.10 bits per heavy atom. The van der Waals surface area contributed by atoms with Gasteiger partial charge in [-0.2, -0.15) is 0 Å². The van der Waals surface area contributed by atoms with E-state index in [-0.39, 0.29) is 5.41 Å². The van der Waals surface area contributed by atoms with Gasteiger partial charge in [0.05, 0.1) is 19.8 Å². The summed E-state index contributed by atoms with van der Waals surface area (Å²) in [5, 5.41) is 3.38. The number of benzene rings is 1. The first-order valence-electron chi connectivity index (χ1n) is 7.46. The van der Waals surface area contributed by atoms with Crippen molar-refractivity contribution < 1.29 is 9.47 Å². The Bertz CT molecular complexity index is 440. The molecule has 1 N–H and O–H groups in total. The first-order chi connectivity index (χ1) is 9.73. The summed E-state index contributed by atoms with van der Waals surface area (Å²) in [6, 6.07) is 8.49. The lowest BCUT2D eigenvalue weighted by Crippen LogP contribution is -2.44. The standard InChI is InChI=1S/C16H24N2O2/c1-16(11-19-12-16)13-20-15-4-2-3-14(9-15)10-18-7-5-17-6-8-18/h2-4,9,17H,5-8,10-13H2,1H3. The van der Waals surface area contributed by atoms with Crippen molar-refractivity contribution in [1.29, 1.82) is 0 Å². The molecule has 0 spiro atoms. The quantitative estimate of drug-likeness (QED) is 0.884. The summed E-state index contributed by atoms with van der Waals surface area (Å²) < 4.78 is 11.2. The molecule has 0 aliphatic carbocycles. The minimum absolute atomic E-state index is 0.203. The Hall–Kier alpha value is -1.10. The van der Waals surface area contributed by atoms with Crippen LogP contribution in [-0.2, 0) is 11.3 Å². The summed E-state index contributed by atoms with van der Waals surface area (Å²) >= 11 is 0. The van der Waals surface area contributed by atoms with E-state index in [0.717, 1.165) is 58.3 Å². The highest BCUT2D eigenvalue weighted by Gasteiger charge is 2.34. The number of rotatable bonds is 5. The van der Waals surface area contributed by atoms with Gasteiger partial charge >= 0.3 is 0 Å². The molecule has 2 heterocycles. The normalized spacial score (nSPS) is 22.2. The Kier molecular flexibility index (Phi) is 4.24. The van der Waals surface area contributed by atoms with Gasteiger partial charge in [-0.3, -0.25) is 4.90 Å². The highest BCUT2D eigenvalue weighted by Crippen LogP contribution is 2.27. The number of nitrogens with zero attached hydrogens (tertiary/aromatic N) is 1. The van der Waals surface area contributed by atoms with Gasteiger partial charge in [-0.15, -0.1) is 0 Å². The van der Waals surface area contributed by atoms with Crippen molar-refractivity contribution in [2.75, 3.05) is 46.0 Å². The molecule has 20 heavy (non-hydrogen) atoms. The van der Waals surface area contributed by atoms with Crippen molar-refractivity contribution in [3.8, 4) is 5.75 Å². The summed E-state index contributed by atoms with van der Waals surface area (Å²) in [6.07, 6.45) is 0. The second-order valence-corrected chi connectivity index (χ2v) is 6.27. The second kappa shape index (κ2) is 6.12. The van der Waals surface area contributed by atoms with Crippen LogP contribution >= 0.6 is 0 Å². The fourth-order valence-electron chi connectivity index (χ4n) is 2.65. The Labute approximate surface area is 121 Å². The van der Waals surface area contributed by atoms with Crippen LogP contribution in [0.15, 0.2) is 24.3 Å². The van der Waals surface area contributed by atoms with Crippen LogP contribution in [0.25, 0.3) is 0 Å². The fourth-order valence-corrected chi connectivity index (χ4v) is 2.65. The zero-order chi connectivity index (χ0) is 13.8. The van der Waals surface area contributed by atoms with Crippen LogP contribution in [0.3, 0.4) is 0 Å². The zero-order valence-corrected chi connectivity index (χ0v) is 12.2. The van der Waals surface area contributed by atoms with Gasteiger partial charge in [0.25, 0.3) is 0 Å². The number of hydrogen-bond acceptors (Lipinski definition) is 4. The summed E-state index contributed by atoms with van der Waals surface area (Å²) in [6.45, 7) is 10.0. The number of piperazine rings is 1. The average molecular weight is 276 g/mol. The van der Waals surface area contributed by atoms with Gasteiger partial charge in [0.2, 0.25) is 0 Å². The van der Waals surface area contributed by atoms with Crippen LogP contribution in [-0.4, -0.2) is 50.9 Å². The lowest BCUT2D eigenvalue weighted by Gasteiger charge is -2.37. The minimum atomic E-state index is 0.203. The largest absolute Gasteiger partial charge is 0.493 e. The van der Waals surface area contributed by atoms with E-state index >= 15 is 0 Å². The van der Waals surface area contributed by atoms with Gasteiger partial charge < -0.3 is 14.8 Å². The molecular formula is C16H24N2O2. The van der Waals surface area contributed by atoms with Gasteiger partial charge in [0.15, 0.2) is 0 Å². The van der Waals surface area contributed by atoms with Crippen LogP contribution in [0.4, 0.5) is 0 Å². The number of ether oxygens (including phenoxy) is 2. The average Bonchev–Trinajstić information content (AvgIpc) is 2.45. The molecule has 0 unspecified atom stereocenters. The molecule has 4 nitrogen and oxygen atoms in total. The van der Waals surface area contributed by atoms with E-state index in [1.165, 1.54) is 5.56 Å². The SMILES string of the molecule is CC1(COc2cccc(CN3CCNCC3)c2)COC1. The van der Waals surface area contributed by atoms with Crippen molar-refractivity contribution in [3.05, 3.63) is 29.8 Å². The molecule has 2 fully saturated rings. The van der Waals surface area contributed by atoms with E-state index in [1.54, 1.807) is 0 Å². The van der Waals surface area contributed by atoms with Crippen molar-refractivity contribution in [1.82, 2.24) is 10.2 Å². The summed E-state index contributed by atoms with van der Waals surface area (Å²) in [5.41, 5.74) is 1.54. The van der Waals surface area contributed by atoms with Gasteiger partial charge in [0.1, 0.15) is 5.75 Å². The summed E-state index contributed by atoms with van der Waals surface area (Å²) in [5.74, 6) is 0.978. The molecule has 0 amide bonds. The van der Waals surface area contributed by atoms with Gasteiger partial charge in [0, 0.05) is 38.1 Å². The molecule has 0 saturated carbocycles. The first kappa shape index (κ1) is 13.9. The molecule has 110 valence electrons. The molecule has 0 radical (unpaired) electrons. The molecular weight excluding hydrogens is 252 g/mol. The lowest BCUT2D eigenvalue weighted by molar-refractivity contribution is -0.120. The van der Waals surface area contributed by atoms with E-state index in [4.69, 9.17) is 9.47 Å². The minimum Gasteiger partial charge on any atom is -0.493 e. The highest BCUT2D eigenvalue weighted by molar-refractivity contribution is 5.28. The third kappa shape index (κ3) is 3.51. The number of hydrogen-bond donors (Lipinski definition) is 1. The van der Waals surface area contributed by atoms with E-state index in [0.29, 0.717) is 0 Å². The molecule has 2 aliphatic heterocycles. The third-order valence-electron chi connectivity index (χ3n) is 4.00. The van der Waals surface area contributed by atoms with Gasteiger partial charge in [-0.25, -0.2) is 0 Å². The Morgan fingerprint density at radius 3 is 2.80 bits per heavy atom. The fraction of sp³-hybridized carbons (Fsp3) is 0.625. The topological polar surface area (TPSA) is 33.7 Å². The van der Waals surface area contributed by atoms with E-state index in [1.807, 2.05) is 6.07 Å². The first-order valence-corrected chi connectivity index (χ1v) is 7.46. The van der Waals surface area contributed by atoms with Crippen molar-refractivity contribution >= 4 is 0 Å². The van der Waals surface area contributed by atoms with Crippen LogP contribution in [0.5, 0.6) is 5.75 Å². The Balaban J connectivity index is 1.54. The van der Waals surface area contributed by atoms with Crippen molar-refractivity contribution in [2.45, 2.75) is 13.5 Å². The molecule has 4 heteroatoms. The van der Waals surface area contributed by atoms with Crippen LogP contribution in [0.2, 0.25) is 0 Å². The highest BCUT2D eigenvalue weighted by atomic mass is 16.5. The van der Waals surface area contributed by atoms with Crippen LogP contribution in [0.1, 0.15) is 12.5 Å². The monoisotopic (exact) mass is 276 g/mol. The molecule has 2 saturated heterocycles. The maximum atomic E-state index is 5.93. The second-order valence-electron chi connectivity index (χ2n) is 6.27. The van der Waals surface area contributed by atoms with Crippen molar-refractivity contribution in [2.24, 2.45) is 5.41 Å². The maximum Gasteiger partial charge on any atom is 0.119 e. The molecule has 0 bridgehead atoms. The van der Waals surface area contributed by atoms with E-state index in [2.05, 4.69) is 35.3 Å². The van der Waals surface area contributed by atoms with E-state index in [9.17, 15) is 0 Å². The van der Waals surface area contributed by atoms with Gasteiger partial charge in [-0.1, -0.05) is 19.1 Å². The predicted molar refractivity (Wildman–Crippen MR) is 79.0 cm³/mol. The predicted octanol–water partition coefficient (Wildman–Crippen LogP) is 1.51. The molecule has 2 aliphatic rings. The van der Waals surface area contributed by atoms with Gasteiger partial charge in [-0.05, 0) is 17.7 Å². The molecule has 3 rings (SSSR count). The molecule has 1 aromatic carbocycles. The smallest absolute Gasteiger partial charge is 0.119 e. The maximum absolute atomic E-state index is 5.93. The lowest BCUT2D eigenvalue weighted by atomic mass is 9.90. The van der Waals surface area contributed by atoms with E-state index < -0.39 is 0 Å².